The van der Waals surface area contributed by atoms with Crippen LogP contribution in [0, 0.1) is 6.92 Å². The first-order valence-corrected chi connectivity index (χ1v) is 9.25. The average molecular weight is 357 g/mol. The van der Waals surface area contributed by atoms with Crippen LogP contribution in [0.25, 0.3) is 0 Å². The second-order valence-corrected chi connectivity index (χ2v) is 6.94. The minimum atomic E-state index is -0.202. The predicted octanol–water partition coefficient (Wildman–Crippen LogP) is 3.34. The molecule has 1 fully saturated rings. The Balaban J connectivity index is 1.67. The van der Waals surface area contributed by atoms with Crippen LogP contribution in [0.4, 0.5) is 0 Å². The highest BCUT2D eigenvalue weighted by Crippen LogP contribution is 2.26. The highest BCUT2D eigenvalue weighted by molar-refractivity contribution is 5.92. The largest absolute Gasteiger partial charge is 0.475 e. The summed E-state index contributed by atoms with van der Waals surface area (Å²) in [6.07, 6.45) is 2.38. The van der Waals surface area contributed by atoms with Gasteiger partial charge in [0.2, 0.25) is 5.88 Å². The SMILES string of the molecule is Cc1ccc(C(CNC(=O)c2cccc(OC(C)C)n2)N2CCCC2)o1. The summed E-state index contributed by atoms with van der Waals surface area (Å²) in [5.74, 6) is 2.04. The van der Waals surface area contributed by atoms with Gasteiger partial charge < -0.3 is 14.5 Å². The van der Waals surface area contributed by atoms with Crippen molar-refractivity contribution in [2.45, 2.75) is 45.8 Å². The third kappa shape index (κ3) is 4.64. The van der Waals surface area contributed by atoms with Gasteiger partial charge in [0.25, 0.3) is 5.91 Å². The zero-order valence-corrected chi connectivity index (χ0v) is 15.7. The Bertz CT molecular complexity index is 735. The van der Waals surface area contributed by atoms with Gasteiger partial charge in [0.15, 0.2) is 0 Å². The van der Waals surface area contributed by atoms with Crippen LogP contribution in [0.3, 0.4) is 0 Å². The normalized spacial score (nSPS) is 16.0. The van der Waals surface area contributed by atoms with Gasteiger partial charge in [-0.05, 0) is 64.9 Å². The number of nitrogens with one attached hydrogen (secondary N) is 1. The van der Waals surface area contributed by atoms with Crippen LogP contribution in [0.5, 0.6) is 5.88 Å². The lowest BCUT2D eigenvalue weighted by Crippen LogP contribution is -2.36. The Morgan fingerprint density at radius 2 is 2.04 bits per heavy atom. The van der Waals surface area contributed by atoms with Crippen LogP contribution < -0.4 is 10.1 Å². The number of hydrogen-bond acceptors (Lipinski definition) is 5. The molecule has 1 aliphatic rings. The van der Waals surface area contributed by atoms with Crippen molar-refractivity contribution in [3.05, 3.63) is 47.5 Å². The van der Waals surface area contributed by atoms with Crippen LogP contribution in [0.1, 0.15) is 54.7 Å². The van der Waals surface area contributed by atoms with E-state index < -0.39 is 0 Å². The molecule has 2 aromatic heterocycles. The minimum absolute atomic E-state index is 0.0163. The van der Waals surface area contributed by atoms with Crippen LogP contribution in [0.2, 0.25) is 0 Å². The smallest absolute Gasteiger partial charge is 0.270 e. The van der Waals surface area contributed by atoms with E-state index >= 15 is 0 Å². The molecular weight excluding hydrogens is 330 g/mol. The molecule has 6 nitrogen and oxygen atoms in total. The molecule has 1 amide bonds. The van der Waals surface area contributed by atoms with Crippen LogP contribution in [-0.4, -0.2) is 41.5 Å². The number of aromatic nitrogens is 1. The van der Waals surface area contributed by atoms with Crippen LogP contribution >= 0.6 is 0 Å². The van der Waals surface area contributed by atoms with Gasteiger partial charge >= 0.3 is 0 Å². The average Bonchev–Trinajstić information content (AvgIpc) is 3.27. The Kier molecular flexibility index (Phi) is 5.93. The summed E-state index contributed by atoms with van der Waals surface area (Å²) in [5, 5.41) is 3.01. The van der Waals surface area contributed by atoms with Gasteiger partial charge in [-0.2, -0.15) is 0 Å². The molecule has 1 unspecified atom stereocenters. The van der Waals surface area contributed by atoms with E-state index in [9.17, 15) is 4.79 Å². The molecule has 0 radical (unpaired) electrons. The fraction of sp³-hybridized carbons (Fsp3) is 0.500. The summed E-state index contributed by atoms with van der Waals surface area (Å²) >= 11 is 0. The Labute approximate surface area is 154 Å². The van der Waals surface area contributed by atoms with Crippen LogP contribution in [0.15, 0.2) is 34.7 Å². The number of aryl methyl sites for hydroxylation is 1. The van der Waals surface area contributed by atoms with Crippen molar-refractivity contribution < 1.29 is 13.9 Å². The number of rotatable bonds is 7. The molecule has 0 bridgehead atoms. The van der Waals surface area contributed by atoms with Crippen molar-refractivity contribution >= 4 is 5.91 Å². The molecular formula is C20H27N3O3. The standard InChI is InChI=1S/C20H27N3O3/c1-14(2)25-19-8-6-7-16(22-19)20(24)21-13-17(23-11-4-5-12-23)18-10-9-15(3)26-18/h6-10,14,17H,4-5,11-13H2,1-3H3,(H,21,24). The molecule has 3 heterocycles. The van der Waals surface area contributed by atoms with Crippen molar-refractivity contribution in [1.29, 1.82) is 0 Å². The first-order chi connectivity index (χ1) is 12.5. The number of carbonyl (C=O) groups is 1. The first kappa shape index (κ1) is 18.5. The molecule has 0 aliphatic carbocycles. The summed E-state index contributed by atoms with van der Waals surface area (Å²) in [6.45, 7) is 8.34. The molecule has 0 aromatic carbocycles. The second-order valence-electron chi connectivity index (χ2n) is 6.94. The van der Waals surface area contributed by atoms with Gasteiger partial charge in [-0.15, -0.1) is 0 Å². The van der Waals surface area contributed by atoms with Crippen molar-refractivity contribution in [3.63, 3.8) is 0 Å². The molecule has 1 N–H and O–H groups in total. The fourth-order valence-electron chi connectivity index (χ4n) is 3.22. The molecule has 1 aliphatic heterocycles. The quantitative estimate of drug-likeness (QED) is 0.823. The van der Waals surface area contributed by atoms with Gasteiger partial charge in [0, 0.05) is 12.6 Å². The first-order valence-electron chi connectivity index (χ1n) is 9.25. The second kappa shape index (κ2) is 8.36. The molecule has 0 spiro atoms. The van der Waals surface area contributed by atoms with Crippen molar-refractivity contribution in [2.24, 2.45) is 0 Å². The lowest BCUT2D eigenvalue weighted by atomic mass is 10.2. The number of hydrogen-bond donors (Lipinski definition) is 1. The third-order valence-electron chi connectivity index (χ3n) is 4.44. The maximum Gasteiger partial charge on any atom is 0.270 e. The predicted molar refractivity (Wildman–Crippen MR) is 99.3 cm³/mol. The van der Waals surface area contributed by atoms with Crippen molar-refractivity contribution in [1.82, 2.24) is 15.2 Å². The lowest BCUT2D eigenvalue weighted by Gasteiger charge is -2.26. The van der Waals surface area contributed by atoms with E-state index in [0.717, 1.165) is 24.6 Å². The Morgan fingerprint density at radius 3 is 2.69 bits per heavy atom. The van der Waals surface area contributed by atoms with Crippen molar-refractivity contribution in [3.8, 4) is 5.88 Å². The van der Waals surface area contributed by atoms with Gasteiger partial charge in [0.1, 0.15) is 17.2 Å². The zero-order chi connectivity index (χ0) is 18.5. The molecule has 0 saturated carbocycles. The molecule has 2 aromatic rings. The number of pyridine rings is 1. The summed E-state index contributed by atoms with van der Waals surface area (Å²) < 4.78 is 11.4. The highest BCUT2D eigenvalue weighted by Gasteiger charge is 2.26. The van der Waals surface area contributed by atoms with Gasteiger partial charge in [0.05, 0.1) is 12.1 Å². The minimum Gasteiger partial charge on any atom is -0.475 e. The maximum absolute atomic E-state index is 12.6. The molecule has 26 heavy (non-hydrogen) atoms. The summed E-state index contributed by atoms with van der Waals surface area (Å²) in [4.78, 5) is 19.2. The molecule has 140 valence electrons. The fourth-order valence-corrected chi connectivity index (χ4v) is 3.22. The molecule has 3 rings (SSSR count). The zero-order valence-electron chi connectivity index (χ0n) is 15.7. The summed E-state index contributed by atoms with van der Waals surface area (Å²) in [7, 11) is 0. The highest BCUT2D eigenvalue weighted by atomic mass is 16.5. The molecule has 1 atom stereocenters. The van der Waals surface area contributed by atoms with Gasteiger partial charge in [-0.25, -0.2) is 4.98 Å². The Hall–Kier alpha value is -2.34. The van der Waals surface area contributed by atoms with E-state index in [2.05, 4.69) is 15.2 Å². The molecule has 1 saturated heterocycles. The van der Waals surface area contributed by atoms with Gasteiger partial charge in [-0.3, -0.25) is 9.69 Å². The van der Waals surface area contributed by atoms with Gasteiger partial charge in [-0.1, -0.05) is 6.07 Å². The topological polar surface area (TPSA) is 67.6 Å². The maximum atomic E-state index is 12.6. The third-order valence-corrected chi connectivity index (χ3v) is 4.44. The Morgan fingerprint density at radius 1 is 1.27 bits per heavy atom. The number of likely N-dealkylation sites (tertiary alicyclic amines) is 1. The number of amides is 1. The van der Waals surface area contributed by atoms with E-state index in [1.807, 2.05) is 32.9 Å². The lowest BCUT2D eigenvalue weighted by molar-refractivity contribution is 0.0926. The van der Waals surface area contributed by atoms with E-state index in [4.69, 9.17) is 9.15 Å². The summed E-state index contributed by atoms with van der Waals surface area (Å²) in [5.41, 5.74) is 0.360. The number of nitrogens with zero attached hydrogens (tertiary/aromatic N) is 2. The number of furan rings is 1. The van der Waals surface area contributed by atoms with Crippen molar-refractivity contribution in [2.75, 3.05) is 19.6 Å². The van der Waals surface area contributed by atoms with E-state index in [0.29, 0.717) is 18.1 Å². The molecule has 6 heteroatoms. The monoisotopic (exact) mass is 357 g/mol. The number of ether oxygens (including phenoxy) is 1. The van der Waals surface area contributed by atoms with E-state index in [1.165, 1.54) is 12.8 Å². The van der Waals surface area contributed by atoms with E-state index in [-0.39, 0.29) is 18.1 Å². The summed E-state index contributed by atoms with van der Waals surface area (Å²) in [6, 6.07) is 9.26. The number of carbonyl (C=O) groups excluding carboxylic acids is 1. The van der Waals surface area contributed by atoms with E-state index in [1.54, 1.807) is 18.2 Å². The van der Waals surface area contributed by atoms with Crippen LogP contribution in [-0.2, 0) is 0 Å².